The Balaban J connectivity index is 0.000000640. The summed E-state index contributed by atoms with van der Waals surface area (Å²) in [5.41, 5.74) is 0.340. The molecule has 1 N–H and O–H groups in total. The maximum absolute atomic E-state index is 4.34. The highest BCUT2D eigenvalue weighted by Crippen LogP contribution is 2.20. The van der Waals surface area contributed by atoms with E-state index in [1.807, 2.05) is 0 Å². The van der Waals surface area contributed by atoms with E-state index in [4.69, 9.17) is 0 Å². The van der Waals surface area contributed by atoms with Gasteiger partial charge in [0.2, 0.25) is 0 Å². The van der Waals surface area contributed by atoms with Crippen LogP contribution >= 0.6 is 25.0 Å². The highest BCUT2D eigenvalue weighted by Gasteiger charge is 2.27. The molecule has 1 aliphatic rings. The topological polar surface area (TPSA) is 12.0 Å². The van der Waals surface area contributed by atoms with Crippen LogP contribution in [0, 0.1) is 0 Å². The van der Waals surface area contributed by atoms with Gasteiger partial charge in [-0.25, -0.2) is 0 Å². The van der Waals surface area contributed by atoms with Crippen LogP contribution in [0.2, 0.25) is 0 Å². The lowest BCUT2D eigenvalue weighted by Crippen LogP contribution is -2.31. The molecule has 0 saturated carbocycles. The van der Waals surface area contributed by atoms with Crippen LogP contribution in [0.4, 0.5) is 0 Å². The van der Waals surface area contributed by atoms with E-state index < -0.39 is 0 Å². The third kappa shape index (κ3) is 2.78. The fourth-order valence-corrected chi connectivity index (χ4v) is 1.68. The molecule has 1 unspecified atom stereocenters. The van der Waals surface area contributed by atoms with Crippen LogP contribution in [0.25, 0.3) is 0 Å². The molecule has 56 valence electrons. The van der Waals surface area contributed by atoms with Crippen LogP contribution in [-0.4, -0.2) is 17.3 Å². The van der Waals surface area contributed by atoms with E-state index in [9.17, 15) is 0 Å². The average molecular weight is 168 g/mol. The Morgan fingerprint density at radius 1 is 1.56 bits per heavy atom. The van der Waals surface area contributed by atoms with Crippen molar-refractivity contribution < 1.29 is 0 Å². The third-order valence-corrected chi connectivity index (χ3v) is 1.93. The van der Waals surface area contributed by atoms with Gasteiger partial charge in [0.15, 0.2) is 0 Å². The number of rotatable bonds is 0. The minimum absolute atomic E-state index is 0. The fraction of sp³-hybridized carbons (Fsp3) is 1.00. The molecule has 0 aliphatic carbocycles. The van der Waals surface area contributed by atoms with Gasteiger partial charge in [0.1, 0.15) is 0 Å². The van der Waals surface area contributed by atoms with Crippen LogP contribution in [0.1, 0.15) is 20.3 Å². The molecule has 1 nitrogen and oxygen atoms in total. The Hall–Kier alpha value is 0.600. The van der Waals surface area contributed by atoms with E-state index in [2.05, 4.69) is 31.8 Å². The first-order valence-corrected chi connectivity index (χ1v) is 3.55. The Morgan fingerprint density at radius 2 is 2.11 bits per heavy atom. The standard InChI is InChI=1S/C6H13NS.ClH/c1-6(2)3-5(8)4-7-6;/h5,7-8H,3-4H2,1-2H3;1H. The van der Waals surface area contributed by atoms with Gasteiger partial charge in [0.05, 0.1) is 0 Å². The predicted octanol–water partition coefficient (Wildman–Crippen LogP) is 1.48. The Morgan fingerprint density at radius 3 is 2.22 bits per heavy atom. The van der Waals surface area contributed by atoms with Crippen molar-refractivity contribution in [3.63, 3.8) is 0 Å². The largest absolute Gasteiger partial charge is 0.311 e. The highest BCUT2D eigenvalue weighted by atomic mass is 35.5. The maximum atomic E-state index is 4.34. The highest BCUT2D eigenvalue weighted by molar-refractivity contribution is 7.81. The maximum Gasteiger partial charge on any atom is 0.0159 e. The van der Waals surface area contributed by atoms with E-state index in [0.717, 1.165) is 6.54 Å². The van der Waals surface area contributed by atoms with E-state index in [0.29, 0.717) is 10.8 Å². The zero-order valence-electron chi connectivity index (χ0n) is 5.85. The quantitative estimate of drug-likeness (QED) is 0.521. The molecule has 0 spiro atoms. The Kier molecular flexibility index (Phi) is 3.34. The van der Waals surface area contributed by atoms with Crippen LogP contribution in [0.3, 0.4) is 0 Å². The van der Waals surface area contributed by atoms with Crippen LogP contribution in [-0.2, 0) is 0 Å². The molecular weight excluding hydrogens is 154 g/mol. The van der Waals surface area contributed by atoms with Gasteiger partial charge >= 0.3 is 0 Å². The fourth-order valence-electron chi connectivity index (χ4n) is 1.13. The number of thiol groups is 1. The Labute approximate surface area is 68.4 Å². The second kappa shape index (κ2) is 3.13. The molecule has 0 aromatic rings. The van der Waals surface area contributed by atoms with E-state index in [-0.39, 0.29) is 12.4 Å². The SMILES string of the molecule is CC1(C)CC(S)CN1.Cl. The predicted molar refractivity (Wildman–Crippen MR) is 46.7 cm³/mol. The third-order valence-electron chi connectivity index (χ3n) is 1.56. The van der Waals surface area contributed by atoms with Crippen molar-refractivity contribution in [1.29, 1.82) is 0 Å². The molecule has 0 radical (unpaired) electrons. The summed E-state index contributed by atoms with van der Waals surface area (Å²) in [4.78, 5) is 0. The second-order valence-electron chi connectivity index (χ2n) is 3.12. The molecule has 0 bridgehead atoms. The zero-order valence-corrected chi connectivity index (χ0v) is 7.56. The van der Waals surface area contributed by atoms with Gasteiger partial charge in [0.25, 0.3) is 0 Å². The normalized spacial score (nSPS) is 31.7. The monoisotopic (exact) mass is 167 g/mol. The molecule has 1 atom stereocenters. The average Bonchev–Trinajstić information content (AvgIpc) is 1.82. The lowest BCUT2D eigenvalue weighted by molar-refractivity contribution is 0.461. The van der Waals surface area contributed by atoms with Crippen LogP contribution < -0.4 is 5.32 Å². The number of hydrogen-bond acceptors (Lipinski definition) is 2. The van der Waals surface area contributed by atoms with Crippen molar-refractivity contribution in [3.05, 3.63) is 0 Å². The summed E-state index contributed by atoms with van der Waals surface area (Å²) in [6.07, 6.45) is 1.19. The van der Waals surface area contributed by atoms with Gasteiger partial charge in [-0.3, -0.25) is 0 Å². The molecule has 1 fully saturated rings. The molecule has 3 heteroatoms. The van der Waals surface area contributed by atoms with Crippen molar-refractivity contribution >= 4 is 25.0 Å². The van der Waals surface area contributed by atoms with Gasteiger partial charge in [0, 0.05) is 17.3 Å². The second-order valence-corrected chi connectivity index (χ2v) is 3.85. The molecule has 1 saturated heterocycles. The number of hydrogen-bond donors (Lipinski definition) is 2. The summed E-state index contributed by atoms with van der Waals surface area (Å²) < 4.78 is 0. The summed E-state index contributed by atoms with van der Waals surface area (Å²) in [6, 6.07) is 0. The first kappa shape index (κ1) is 9.60. The zero-order chi connectivity index (χ0) is 6.20. The molecule has 0 aromatic heterocycles. The molecular formula is C6H14ClNS. The summed E-state index contributed by atoms with van der Waals surface area (Å²) in [5.74, 6) is 0. The van der Waals surface area contributed by atoms with Gasteiger partial charge in [-0.1, -0.05) is 0 Å². The van der Waals surface area contributed by atoms with Crippen molar-refractivity contribution in [3.8, 4) is 0 Å². The smallest absolute Gasteiger partial charge is 0.0159 e. The van der Waals surface area contributed by atoms with Crippen molar-refractivity contribution in [1.82, 2.24) is 5.32 Å². The number of halogens is 1. The van der Waals surface area contributed by atoms with Crippen molar-refractivity contribution in [2.75, 3.05) is 6.54 Å². The first-order valence-electron chi connectivity index (χ1n) is 3.03. The lowest BCUT2D eigenvalue weighted by Gasteiger charge is -2.16. The first-order chi connectivity index (χ1) is 3.60. The van der Waals surface area contributed by atoms with E-state index in [1.54, 1.807) is 0 Å². The number of nitrogens with one attached hydrogen (secondary N) is 1. The lowest BCUT2D eigenvalue weighted by atomic mass is 10.0. The minimum atomic E-state index is 0. The van der Waals surface area contributed by atoms with Crippen molar-refractivity contribution in [2.45, 2.75) is 31.1 Å². The molecule has 1 rings (SSSR count). The van der Waals surface area contributed by atoms with Crippen molar-refractivity contribution in [2.24, 2.45) is 0 Å². The Bertz CT molecular complexity index is 95.1. The van der Waals surface area contributed by atoms with Crippen LogP contribution in [0.15, 0.2) is 0 Å². The summed E-state index contributed by atoms with van der Waals surface area (Å²) in [5, 5.41) is 3.94. The molecule has 1 aliphatic heterocycles. The molecule has 0 amide bonds. The van der Waals surface area contributed by atoms with E-state index >= 15 is 0 Å². The van der Waals surface area contributed by atoms with Gasteiger partial charge in [-0.15, -0.1) is 12.4 Å². The van der Waals surface area contributed by atoms with Gasteiger partial charge in [-0.2, -0.15) is 12.6 Å². The molecule has 9 heavy (non-hydrogen) atoms. The molecule has 0 aromatic carbocycles. The summed E-state index contributed by atoms with van der Waals surface area (Å²) in [6.45, 7) is 5.49. The van der Waals surface area contributed by atoms with E-state index in [1.165, 1.54) is 6.42 Å². The summed E-state index contributed by atoms with van der Waals surface area (Å²) >= 11 is 4.34. The molecule has 1 heterocycles. The minimum Gasteiger partial charge on any atom is -0.311 e. The summed E-state index contributed by atoms with van der Waals surface area (Å²) in [7, 11) is 0. The van der Waals surface area contributed by atoms with Gasteiger partial charge in [-0.05, 0) is 20.3 Å². The van der Waals surface area contributed by atoms with Crippen LogP contribution in [0.5, 0.6) is 0 Å². The van der Waals surface area contributed by atoms with Gasteiger partial charge < -0.3 is 5.32 Å².